The molecule has 56 heavy (non-hydrogen) atoms. The van der Waals surface area contributed by atoms with Gasteiger partial charge in [0.2, 0.25) is 0 Å². The Hall–Kier alpha value is -7.46. The van der Waals surface area contributed by atoms with E-state index in [0.29, 0.717) is 0 Å². The zero-order valence-corrected chi connectivity index (χ0v) is 30.5. The SMILES string of the molecule is N#CC(C#N)C1c2ccccc2C2(c3ccccc31)c1ccccc1N(c1c(-c3ccccc3)cc(-c3ccccc3)cc1-c1ccccc1)c1ccccc12. The Kier molecular flexibility index (Phi) is 7.95. The number of hydrogen-bond donors (Lipinski definition) is 0. The second-order valence-electron chi connectivity index (χ2n) is 14.5. The number of fused-ring (bicyclic) bond motifs is 8. The van der Waals surface area contributed by atoms with Crippen LogP contribution in [0.4, 0.5) is 17.1 Å². The van der Waals surface area contributed by atoms with Crippen LogP contribution in [-0.4, -0.2) is 0 Å². The van der Waals surface area contributed by atoms with Crippen molar-refractivity contribution in [3.05, 3.63) is 234 Å². The number of benzene rings is 8. The fourth-order valence-corrected chi connectivity index (χ4v) is 9.48. The van der Waals surface area contributed by atoms with E-state index in [-0.39, 0.29) is 5.92 Å². The lowest BCUT2D eigenvalue weighted by Crippen LogP contribution is -2.42. The van der Waals surface area contributed by atoms with Crippen LogP contribution in [0.3, 0.4) is 0 Å². The van der Waals surface area contributed by atoms with Gasteiger partial charge in [-0.15, -0.1) is 0 Å². The molecule has 0 N–H and O–H groups in total. The largest absolute Gasteiger partial charge is 0.309 e. The Labute approximate surface area is 327 Å². The number of hydrogen-bond acceptors (Lipinski definition) is 3. The molecule has 3 nitrogen and oxygen atoms in total. The summed E-state index contributed by atoms with van der Waals surface area (Å²) in [5.41, 5.74) is 15.9. The molecule has 8 aromatic rings. The molecule has 1 spiro atoms. The van der Waals surface area contributed by atoms with E-state index in [1.165, 1.54) is 0 Å². The number of nitrogens with zero attached hydrogens (tertiary/aromatic N) is 3. The number of anilines is 3. The summed E-state index contributed by atoms with van der Waals surface area (Å²) in [6.45, 7) is 0. The maximum atomic E-state index is 10.4. The molecule has 0 fully saturated rings. The Morgan fingerprint density at radius 1 is 0.411 bits per heavy atom. The third-order valence-corrected chi connectivity index (χ3v) is 11.7. The predicted octanol–water partition coefficient (Wildman–Crippen LogP) is 13.0. The van der Waals surface area contributed by atoms with Gasteiger partial charge in [-0.2, -0.15) is 10.5 Å². The first-order valence-electron chi connectivity index (χ1n) is 19.1. The topological polar surface area (TPSA) is 50.8 Å². The molecule has 10 rings (SSSR count). The van der Waals surface area contributed by atoms with Crippen LogP contribution in [-0.2, 0) is 5.41 Å². The van der Waals surface area contributed by atoms with E-state index < -0.39 is 11.3 Å². The molecule has 0 atom stereocenters. The minimum absolute atomic E-state index is 0.389. The highest BCUT2D eigenvalue weighted by Gasteiger charge is 2.53. The predicted molar refractivity (Wildman–Crippen MR) is 226 cm³/mol. The Balaban J connectivity index is 1.34. The van der Waals surface area contributed by atoms with Crippen LogP contribution in [0.1, 0.15) is 39.3 Å². The van der Waals surface area contributed by atoms with E-state index in [1.807, 2.05) is 12.1 Å². The summed E-state index contributed by atoms with van der Waals surface area (Å²) < 4.78 is 0. The van der Waals surface area contributed by atoms with Gasteiger partial charge >= 0.3 is 0 Å². The van der Waals surface area contributed by atoms with Gasteiger partial charge in [-0.1, -0.05) is 176 Å². The quantitative estimate of drug-likeness (QED) is 0.178. The lowest BCUT2D eigenvalue weighted by Gasteiger charge is -2.51. The smallest absolute Gasteiger partial charge is 0.144 e. The van der Waals surface area contributed by atoms with Crippen molar-refractivity contribution in [2.45, 2.75) is 11.3 Å². The molecule has 2 aliphatic rings. The van der Waals surface area contributed by atoms with Crippen molar-refractivity contribution in [2.75, 3.05) is 4.90 Å². The molecule has 0 saturated heterocycles. The van der Waals surface area contributed by atoms with E-state index in [9.17, 15) is 10.5 Å². The average Bonchev–Trinajstić information content (AvgIpc) is 3.28. The Morgan fingerprint density at radius 3 is 1.23 bits per heavy atom. The normalized spacial score (nSPS) is 13.5. The van der Waals surface area contributed by atoms with Crippen molar-refractivity contribution >= 4 is 17.1 Å². The van der Waals surface area contributed by atoms with Crippen LogP contribution in [0.5, 0.6) is 0 Å². The molecule has 1 aliphatic carbocycles. The number of nitriles is 2. The van der Waals surface area contributed by atoms with Crippen LogP contribution in [0.25, 0.3) is 33.4 Å². The minimum atomic E-state index is -0.842. The third kappa shape index (κ3) is 4.89. The first kappa shape index (κ1) is 33.1. The average molecular weight is 714 g/mol. The van der Waals surface area contributed by atoms with Gasteiger partial charge < -0.3 is 4.90 Å². The molecule has 0 amide bonds. The molecule has 0 radical (unpaired) electrons. The zero-order chi connectivity index (χ0) is 37.6. The van der Waals surface area contributed by atoms with Crippen molar-refractivity contribution in [3.63, 3.8) is 0 Å². The second-order valence-corrected chi connectivity index (χ2v) is 14.5. The lowest BCUT2D eigenvalue weighted by molar-refractivity contribution is 0.609. The number of rotatable bonds is 5. The Morgan fingerprint density at radius 2 is 0.786 bits per heavy atom. The summed E-state index contributed by atoms with van der Waals surface area (Å²) in [4.78, 5) is 2.49. The van der Waals surface area contributed by atoms with Crippen LogP contribution >= 0.6 is 0 Å². The summed E-state index contributed by atoms with van der Waals surface area (Å²) in [5.74, 6) is -1.23. The van der Waals surface area contributed by atoms with Crippen molar-refractivity contribution in [2.24, 2.45) is 5.92 Å². The summed E-state index contributed by atoms with van der Waals surface area (Å²) in [7, 11) is 0. The molecule has 1 heterocycles. The van der Waals surface area contributed by atoms with E-state index in [1.54, 1.807) is 0 Å². The van der Waals surface area contributed by atoms with Crippen molar-refractivity contribution in [1.29, 1.82) is 10.5 Å². The van der Waals surface area contributed by atoms with Gasteiger partial charge in [0, 0.05) is 17.0 Å². The van der Waals surface area contributed by atoms with Crippen LogP contribution < -0.4 is 4.90 Å². The molecule has 0 saturated carbocycles. The molecule has 8 aromatic carbocycles. The first-order valence-corrected chi connectivity index (χ1v) is 19.1. The highest BCUT2D eigenvalue weighted by atomic mass is 15.2. The van der Waals surface area contributed by atoms with Gasteiger partial charge in [0.25, 0.3) is 0 Å². The summed E-state index contributed by atoms with van der Waals surface area (Å²) in [6, 6.07) is 76.1. The summed E-state index contributed by atoms with van der Waals surface area (Å²) >= 11 is 0. The fraction of sp³-hybridized carbons (Fsp3) is 0.0566. The third-order valence-electron chi connectivity index (χ3n) is 11.7. The van der Waals surface area contributed by atoms with Crippen LogP contribution in [0, 0.1) is 28.6 Å². The van der Waals surface area contributed by atoms with Crippen LogP contribution in [0.2, 0.25) is 0 Å². The maximum Gasteiger partial charge on any atom is 0.144 e. The highest BCUT2D eigenvalue weighted by molar-refractivity contribution is 6.03. The van der Waals surface area contributed by atoms with Gasteiger partial charge in [-0.3, -0.25) is 0 Å². The molecular formula is C53H35N3. The molecular weight excluding hydrogens is 679 g/mol. The summed E-state index contributed by atoms with van der Waals surface area (Å²) in [6.07, 6.45) is 0. The molecule has 0 bridgehead atoms. The monoisotopic (exact) mass is 713 g/mol. The number of para-hydroxylation sites is 2. The Bertz CT molecular complexity index is 2680. The lowest BCUT2D eigenvalue weighted by atomic mass is 9.55. The van der Waals surface area contributed by atoms with Gasteiger partial charge in [-0.25, -0.2) is 0 Å². The molecule has 0 unspecified atom stereocenters. The minimum Gasteiger partial charge on any atom is -0.309 e. The van der Waals surface area contributed by atoms with Gasteiger partial charge in [0.05, 0.1) is 34.6 Å². The maximum absolute atomic E-state index is 10.4. The summed E-state index contributed by atoms with van der Waals surface area (Å²) in [5, 5.41) is 20.7. The van der Waals surface area contributed by atoms with E-state index in [4.69, 9.17) is 0 Å². The van der Waals surface area contributed by atoms with Crippen LogP contribution in [0.15, 0.2) is 200 Å². The van der Waals surface area contributed by atoms with Crippen molar-refractivity contribution < 1.29 is 0 Å². The van der Waals surface area contributed by atoms with Crippen molar-refractivity contribution in [3.8, 4) is 45.5 Å². The fourth-order valence-electron chi connectivity index (χ4n) is 9.48. The standard InChI is InChI=1S/C53H35N3/c54-34-40(35-55)51-41-24-10-12-26-45(41)53(46-27-13-11-25-42(46)51)47-28-14-16-30-49(47)56(50-31-17-15-29-48(50)53)52-43(37-20-6-2-7-21-37)32-39(36-18-4-1-5-19-36)33-44(52)38-22-8-3-9-23-38/h1-33,40,51H. The molecule has 1 aliphatic heterocycles. The van der Waals surface area contributed by atoms with Gasteiger partial charge in [0.15, 0.2) is 0 Å². The van der Waals surface area contributed by atoms with Gasteiger partial charge in [0.1, 0.15) is 5.92 Å². The van der Waals surface area contributed by atoms with E-state index in [0.717, 1.165) is 83.8 Å². The van der Waals surface area contributed by atoms with E-state index >= 15 is 0 Å². The van der Waals surface area contributed by atoms with Gasteiger partial charge in [-0.05, 0) is 79.9 Å². The first-order chi connectivity index (χ1) is 27.7. The van der Waals surface area contributed by atoms with E-state index in [2.05, 4.69) is 205 Å². The second kappa shape index (κ2) is 13.4. The molecule has 0 aromatic heterocycles. The molecule has 3 heteroatoms. The van der Waals surface area contributed by atoms with Crippen molar-refractivity contribution in [1.82, 2.24) is 0 Å². The zero-order valence-electron chi connectivity index (χ0n) is 30.5. The highest BCUT2D eigenvalue weighted by Crippen LogP contribution is 2.63. The molecule has 262 valence electrons.